The zero-order valence-electron chi connectivity index (χ0n) is 5.09. The Balaban J connectivity index is 3.69. The summed E-state index contributed by atoms with van der Waals surface area (Å²) in [6, 6.07) is 0. The van der Waals surface area contributed by atoms with Crippen LogP contribution in [0.1, 0.15) is 6.92 Å². The maximum atomic E-state index is 5.22. The topological polar surface area (TPSA) is 41.6 Å². The summed E-state index contributed by atoms with van der Waals surface area (Å²) in [5, 5.41) is 5.08. The van der Waals surface area contributed by atoms with E-state index in [1.807, 2.05) is 6.92 Å². The first-order valence-corrected chi connectivity index (χ1v) is 2.32. The van der Waals surface area contributed by atoms with Crippen LogP contribution in [0.25, 0.3) is 0 Å². The van der Waals surface area contributed by atoms with Crippen LogP contribution in [-0.4, -0.2) is 18.4 Å². The van der Waals surface area contributed by atoms with Crippen molar-refractivity contribution in [2.24, 2.45) is 10.8 Å². The summed E-state index contributed by atoms with van der Waals surface area (Å²) >= 11 is 0. The van der Waals surface area contributed by atoms with Crippen LogP contribution in [0.5, 0.6) is 0 Å². The van der Waals surface area contributed by atoms with Crippen LogP contribution >= 0.6 is 0 Å². The van der Waals surface area contributed by atoms with Crippen molar-refractivity contribution < 1.29 is 0 Å². The predicted molar refractivity (Wildman–Crippen MR) is 35.3 cm³/mol. The summed E-state index contributed by atoms with van der Waals surface area (Å²) in [4.78, 5) is 0. The fourth-order valence-corrected chi connectivity index (χ4v) is 0.334. The van der Waals surface area contributed by atoms with Crippen molar-refractivity contribution in [3.8, 4) is 0 Å². The van der Waals surface area contributed by atoms with Crippen LogP contribution in [0.15, 0.2) is 17.4 Å². The minimum Gasteiger partial charge on any atom is -0.312 e. The van der Waals surface area contributed by atoms with Gasteiger partial charge < -0.3 is 5.73 Å². The van der Waals surface area contributed by atoms with Crippen LogP contribution in [-0.2, 0) is 0 Å². The summed E-state index contributed by atoms with van der Waals surface area (Å²) in [6.07, 6.45) is 0. The molecule has 0 aliphatic heterocycles. The summed E-state index contributed by atoms with van der Waals surface area (Å²) in [5.74, 6) is 0. The minimum absolute atomic E-state index is 0.346. The lowest BCUT2D eigenvalue weighted by Crippen LogP contribution is -2.21. The second kappa shape index (κ2) is 3.21. The summed E-state index contributed by atoms with van der Waals surface area (Å²) < 4.78 is 0. The van der Waals surface area contributed by atoms with E-state index < -0.39 is 0 Å². The Bertz CT molecular complexity index is 97.8. The van der Waals surface area contributed by atoms with Crippen molar-refractivity contribution in [3.05, 3.63) is 12.3 Å². The molecule has 3 nitrogen and oxygen atoms in total. The molecule has 0 spiro atoms. The Kier molecular flexibility index (Phi) is 2.88. The number of nitrogens with two attached hydrogens (primary N) is 1. The van der Waals surface area contributed by atoms with E-state index in [4.69, 9.17) is 5.73 Å². The van der Waals surface area contributed by atoms with Crippen LogP contribution in [0.3, 0.4) is 0 Å². The van der Waals surface area contributed by atoms with Crippen molar-refractivity contribution in [1.82, 2.24) is 5.01 Å². The van der Waals surface area contributed by atoms with Gasteiger partial charge in [-0.25, -0.2) is 0 Å². The molecule has 0 aromatic rings. The van der Waals surface area contributed by atoms with Gasteiger partial charge in [-0.05, 0) is 6.92 Å². The molecule has 0 saturated carbocycles. The number of nitrogens with zero attached hydrogens (tertiary/aromatic N) is 2. The van der Waals surface area contributed by atoms with E-state index in [1.54, 1.807) is 0 Å². The van der Waals surface area contributed by atoms with Gasteiger partial charge in [0.15, 0.2) is 0 Å². The van der Waals surface area contributed by atoms with Crippen molar-refractivity contribution in [3.63, 3.8) is 0 Å². The van der Waals surface area contributed by atoms with Gasteiger partial charge in [0.1, 0.15) is 0 Å². The van der Waals surface area contributed by atoms with Gasteiger partial charge in [-0.15, -0.1) is 0 Å². The second-order valence-electron chi connectivity index (χ2n) is 1.46. The van der Waals surface area contributed by atoms with Crippen LogP contribution < -0.4 is 5.73 Å². The third-order valence-corrected chi connectivity index (χ3v) is 0.784. The molecule has 0 aliphatic carbocycles. The Morgan fingerprint density at radius 1 is 1.88 bits per heavy atom. The van der Waals surface area contributed by atoms with E-state index in [2.05, 4.69) is 18.4 Å². The molecule has 0 aromatic carbocycles. The fraction of sp³-hybridized carbons (Fsp3) is 0.400. The molecule has 0 radical (unpaired) electrons. The standard InChI is InChI=1S/C5H11N3/c1-5(2)8(4-6)7-3/h1,3-4,6H2,2H3. The Labute approximate surface area is 49.5 Å². The first-order valence-electron chi connectivity index (χ1n) is 2.32. The Morgan fingerprint density at radius 3 is 2.38 bits per heavy atom. The molecule has 0 heterocycles. The minimum atomic E-state index is 0.346. The largest absolute Gasteiger partial charge is 0.312 e. The molecule has 0 bridgehead atoms. The van der Waals surface area contributed by atoms with Gasteiger partial charge in [-0.1, -0.05) is 6.58 Å². The third-order valence-electron chi connectivity index (χ3n) is 0.784. The molecule has 8 heavy (non-hydrogen) atoms. The monoisotopic (exact) mass is 113 g/mol. The highest BCUT2D eigenvalue weighted by molar-refractivity contribution is 5.23. The molecular weight excluding hydrogens is 102 g/mol. The SMILES string of the molecule is C=NN(CN)C(=C)C. The highest BCUT2D eigenvalue weighted by atomic mass is 15.5. The first-order chi connectivity index (χ1) is 3.72. The number of hydrogen-bond acceptors (Lipinski definition) is 3. The molecule has 2 N–H and O–H groups in total. The molecule has 0 atom stereocenters. The predicted octanol–water partition coefficient (Wildman–Crippen LogP) is 0.354. The van der Waals surface area contributed by atoms with Gasteiger partial charge >= 0.3 is 0 Å². The molecule has 0 aliphatic rings. The average Bonchev–Trinajstić information content (AvgIpc) is 1.69. The number of hydrazone groups is 1. The number of hydrogen-bond donors (Lipinski definition) is 1. The van der Waals surface area contributed by atoms with Gasteiger partial charge in [0, 0.05) is 12.4 Å². The molecule has 46 valence electrons. The smallest absolute Gasteiger partial charge is 0.0881 e. The summed E-state index contributed by atoms with van der Waals surface area (Å²) in [6.45, 7) is 9.06. The summed E-state index contributed by atoms with van der Waals surface area (Å²) in [7, 11) is 0. The van der Waals surface area contributed by atoms with Crippen molar-refractivity contribution in [2.75, 3.05) is 6.67 Å². The quantitative estimate of drug-likeness (QED) is 0.326. The summed E-state index contributed by atoms with van der Waals surface area (Å²) in [5.41, 5.74) is 6.02. The molecule has 0 aromatic heterocycles. The van der Waals surface area contributed by atoms with Gasteiger partial charge in [0.25, 0.3) is 0 Å². The van der Waals surface area contributed by atoms with Gasteiger partial charge in [-0.2, -0.15) is 5.10 Å². The van der Waals surface area contributed by atoms with E-state index >= 15 is 0 Å². The van der Waals surface area contributed by atoms with Gasteiger partial charge in [0.2, 0.25) is 0 Å². The fourth-order valence-electron chi connectivity index (χ4n) is 0.334. The molecule has 0 unspecified atom stereocenters. The van der Waals surface area contributed by atoms with Crippen LogP contribution in [0.4, 0.5) is 0 Å². The van der Waals surface area contributed by atoms with Crippen LogP contribution in [0.2, 0.25) is 0 Å². The van der Waals surface area contributed by atoms with Crippen LogP contribution in [0, 0.1) is 0 Å². The first kappa shape index (κ1) is 7.17. The van der Waals surface area contributed by atoms with E-state index in [1.165, 1.54) is 5.01 Å². The second-order valence-corrected chi connectivity index (χ2v) is 1.46. The van der Waals surface area contributed by atoms with E-state index in [0.717, 1.165) is 5.70 Å². The molecule has 3 heteroatoms. The van der Waals surface area contributed by atoms with E-state index in [0.29, 0.717) is 6.67 Å². The van der Waals surface area contributed by atoms with E-state index in [9.17, 15) is 0 Å². The molecule has 0 saturated heterocycles. The lowest BCUT2D eigenvalue weighted by atomic mass is 10.5. The third kappa shape index (κ3) is 1.75. The highest BCUT2D eigenvalue weighted by Gasteiger charge is 1.92. The van der Waals surface area contributed by atoms with Gasteiger partial charge in [0.05, 0.1) is 6.67 Å². The van der Waals surface area contributed by atoms with E-state index in [-0.39, 0.29) is 0 Å². The zero-order valence-corrected chi connectivity index (χ0v) is 5.09. The molecular formula is C5H11N3. The lowest BCUT2D eigenvalue weighted by molar-refractivity contribution is 0.381. The highest BCUT2D eigenvalue weighted by Crippen LogP contribution is 1.94. The van der Waals surface area contributed by atoms with Crippen molar-refractivity contribution in [1.29, 1.82) is 0 Å². The average molecular weight is 113 g/mol. The Hall–Kier alpha value is -0.830. The zero-order chi connectivity index (χ0) is 6.57. The molecule has 0 amide bonds. The number of rotatable bonds is 3. The Morgan fingerprint density at radius 2 is 2.38 bits per heavy atom. The maximum Gasteiger partial charge on any atom is 0.0881 e. The maximum absolute atomic E-state index is 5.22. The van der Waals surface area contributed by atoms with Crippen molar-refractivity contribution in [2.45, 2.75) is 6.92 Å². The molecule has 0 fully saturated rings. The molecule has 0 rings (SSSR count). The van der Waals surface area contributed by atoms with Gasteiger partial charge in [-0.3, -0.25) is 5.01 Å². The lowest BCUT2D eigenvalue weighted by Gasteiger charge is -2.13. The number of allylic oxidation sites excluding steroid dienone is 1. The van der Waals surface area contributed by atoms with Crippen molar-refractivity contribution >= 4 is 6.72 Å². The normalized spacial score (nSPS) is 8.25.